The van der Waals surface area contributed by atoms with Gasteiger partial charge in [0.05, 0.1) is 5.56 Å². The first-order valence-electron chi connectivity index (χ1n) is 6.51. The number of urea groups is 1. The fourth-order valence-corrected chi connectivity index (χ4v) is 3.18. The highest BCUT2D eigenvalue weighted by Gasteiger charge is 2.24. The van der Waals surface area contributed by atoms with Crippen molar-refractivity contribution in [2.75, 3.05) is 5.32 Å². The Kier molecular flexibility index (Phi) is 5.09. The summed E-state index contributed by atoms with van der Waals surface area (Å²) in [6.07, 6.45) is 1.20. The Hall–Kier alpha value is -2.92. The Morgan fingerprint density at radius 1 is 1.28 bits per heavy atom. The van der Waals surface area contributed by atoms with E-state index in [-0.39, 0.29) is 5.15 Å². The van der Waals surface area contributed by atoms with Gasteiger partial charge >= 0.3 is 12.0 Å². The molecule has 0 aliphatic heterocycles. The Morgan fingerprint density at radius 2 is 1.92 bits per heavy atom. The van der Waals surface area contributed by atoms with Crippen LogP contribution in [-0.4, -0.2) is 35.1 Å². The summed E-state index contributed by atoms with van der Waals surface area (Å²) < 4.78 is 27.1. The second-order valence-electron chi connectivity index (χ2n) is 4.69. The molecule has 10 nitrogen and oxygen atoms in total. The number of hydrogen-bond donors (Lipinski definition) is 3. The van der Waals surface area contributed by atoms with E-state index in [1.165, 1.54) is 25.4 Å². The van der Waals surface area contributed by atoms with Gasteiger partial charge in [0.2, 0.25) is 5.82 Å². The number of rotatable bonds is 4. The van der Waals surface area contributed by atoms with E-state index in [1.807, 2.05) is 5.32 Å². The number of aromatic carboxylic acids is 1. The molecule has 1 aromatic heterocycles. The normalized spacial score (nSPS) is 11.0. The second-order valence-corrected chi connectivity index (χ2v) is 6.73. The fourth-order valence-electron chi connectivity index (χ4n) is 1.84. The minimum Gasteiger partial charge on any atom is -0.478 e. The van der Waals surface area contributed by atoms with Crippen LogP contribution in [0.25, 0.3) is 0 Å². The summed E-state index contributed by atoms with van der Waals surface area (Å²) in [5.41, 5.74) is -1.23. The molecule has 2 rings (SSSR count). The van der Waals surface area contributed by atoms with E-state index < -0.39 is 43.9 Å². The molecule has 2 amide bonds. The van der Waals surface area contributed by atoms with Crippen molar-refractivity contribution in [3.05, 3.63) is 51.5 Å². The van der Waals surface area contributed by atoms with Crippen molar-refractivity contribution in [1.82, 2.24) is 14.3 Å². The number of carbonyl (C=O) groups excluding carboxylic acids is 1. The Balaban J connectivity index is 2.29. The molecule has 0 aliphatic rings. The molecule has 12 heteroatoms. The first kappa shape index (κ1) is 18.4. The van der Waals surface area contributed by atoms with Gasteiger partial charge in [-0.3, -0.25) is 10.1 Å². The summed E-state index contributed by atoms with van der Waals surface area (Å²) in [5.74, 6) is -1.97. The Morgan fingerprint density at radius 3 is 2.56 bits per heavy atom. The number of aryl methyl sites for hydroxylation is 1. The van der Waals surface area contributed by atoms with Gasteiger partial charge in [-0.05, 0) is 12.1 Å². The minimum atomic E-state index is -4.50. The molecule has 0 unspecified atom stereocenters. The van der Waals surface area contributed by atoms with Crippen LogP contribution in [0.2, 0.25) is 5.15 Å². The zero-order chi connectivity index (χ0) is 18.8. The fraction of sp³-hybridized carbons (Fsp3) is 0.0769. The maximum absolute atomic E-state index is 12.2. The molecule has 132 valence electrons. The number of anilines is 1. The second kappa shape index (κ2) is 6.91. The average molecular weight is 387 g/mol. The van der Waals surface area contributed by atoms with Gasteiger partial charge in [-0.15, -0.1) is 0 Å². The van der Waals surface area contributed by atoms with Crippen LogP contribution in [0, 0.1) is 0 Å². The first-order chi connectivity index (χ1) is 11.6. The molecule has 0 radical (unpaired) electrons. The minimum absolute atomic E-state index is 0.100. The smallest absolute Gasteiger partial charge is 0.337 e. The van der Waals surface area contributed by atoms with Gasteiger partial charge in [-0.2, -0.15) is 0 Å². The zero-order valence-electron chi connectivity index (χ0n) is 12.6. The van der Waals surface area contributed by atoms with Crippen molar-refractivity contribution in [2.24, 2.45) is 7.05 Å². The van der Waals surface area contributed by atoms with E-state index >= 15 is 0 Å². The highest BCUT2D eigenvalue weighted by molar-refractivity contribution is 7.90. The number of nitrogens with one attached hydrogen (secondary N) is 2. The van der Waals surface area contributed by atoms with Gasteiger partial charge in [0, 0.05) is 13.2 Å². The maximum atomic E-state index is 12.2. The highest BCUT2D eigenvalue weighted by atomic mass is 35.5. The average Bonchev–Trinajstić information content (AvgIpc) is 2.51. The van der Waals surface area contributed by atoms with E-state index in [9.17, 15) is 22.8 Å². The van der Waals surface area contributed by atoms with Crippen molar-refractivity contribution in [3.63, 3.8) is 0 Å². The summed E-state index contributed by atoms with van der Waals surface area (Å²) >= 11 is 5.66. The van der Waals surface area contributed by atoms with Gasteiger partial charge in [0.25, 0.3) is 15.6 Å². The Bertz CT molecular complexity index is 1020. The van der Waals surface area contributed by atoms with Crippen LogP contribution >= 0.6 is 11.6 Å². The molecule has 0 fully saturated rings. The number of benzene rings is 1. The molecule has 0 saturated heterocycles. The van der Waals surface area contributed by atoms with Gasteiger partial charge in [0.1, 0.15) is 10.0 Å². The Labute approximate surface area is 146 Å². The number of carboxylic acid groups (broad SMARTS) is 1. The first-order valence-corrected chi connectivity index (χ1v) is 8.37. The van der Waals surface area contributed by atoms with E-state index in [0.29, 0.717) is 0 Å². The topological polar surface area (TPSA) is 147 Å². The number of aromatic nitrogens is 2. The van der Waals surface area contributed by atoms with Crippen molar-refractivity contribution < 1.29 is 23.1 Å². The lowest BCUT2D eigenvalue weighted by Gasteiger charge is -2.10. The summed E-state index contributed by atoms with van der Waals surface area (Å²) in [7, 11) is -3.14. The molecule has 0 bridgehead atoms. The molecule has 1 aromatic carbocycles. The largest absolute Gasteiger partial charge is 0.478 e. The number of carboxylic acids is 1. The number of halogens is 1. The predicted molar refractivity (Wildman–Crippen MR) is 87.2 cm³/mol. The van der Waals surface area contributed by atoms with Crippen LogP contribution in [0.15, 0.2) is 40.2 Å². The van der Waals surface area contributed by atoms with Crippen molar-refractivity contribution in [1.29, 1.82) is 0 Å². The highest BCUT2D eigenvalue weighted by Crippen LogP contribution is 2.15. The van der Waals surface area contributed by atoms with E-state index in [2.05, 4.69) is 4.98 Å². The molecule has 2 aromatic rings. The molecule has 1 heterocycles. The lowest BCUT2D eigenvalue weighted by atomic mass is 10.2. The molecule has 0 atom stereocenters. The van der Waals surface area contributed by atoms with Crippen molar-refractivity contribution in [2.45, 2.75) is 4.90 Å². The van der Waals surface area contributed by atoms with Crippen molar-refractivity contribution >= 4 is 39.4 Å². The lowest BCUT2D eigenvalue weighted by molar-refractivity contribution is 0.0692. The number of amides is 2. The molecule has 0 spiro atoms. The maximum Gasteiger partial charge on any atom is 0.337 e. The third-order valence-corrected chi connectivity index (χ3v) is 4.48. The molecular weight excluding hydrogens is 376 g/mol. The summed E-state index contributed by atoms with van der Waals surface area (Å²) in [4.78, 5) is 37.8. The van der Waals surface area contributed by atoms with Gasteiger partial charge in [-0.25, -0.2) is 27.7 Å². The van der Waals surface area contributed by atoms with Crippen LogP contribution in [0.4, 0.5) is 10.6 Å². The molecule has 25 heavy (non-hydrogen) atoms. The third kappa shape index (κ3) is 4.14. The van der Waals surface area contributed by atoms with Crippen LogP contribution in [0.5, 0.6) is 0 Å². The summed E-state index contributed by atoms with van der Waals surface area (Å²) in [6.45, 7) is 0. The quantitative estimate of drug-likeness (QED) is 0.698. The lowest BCUT2D eigenvalue weighted by Crippen LogP contribution is -2.37. The van der Waals surface area contributed by atoms with Crippen LogP contribution < -0.4 is 15.6 Å². The number of hydrogen-bond acceptors (Lipinski definition) is 6. The van der Waals surface area contributed by atoms with Crippen LogP contribution in [0.1, 0.15) is 10.4 Å². The summed E-state index contributed by atoms with van der Waals surface area (Å²) in [5, 5.41) is 10.9. The number of carbonyl (C=O) groups is 2. The van der Waals surface area contributed by atoms with Gasteiger partial charge in [-0.1, -0.05) is 23.7 Å². The molecular formula is C13H11ClN4O6S. The predicted octanol–water partition coefficient (Wildman–Crippen LogP) is 0.642. The van der Waals surface area contributed by atoms with E-state index in [4.69, 9.17) is 16.7 Å². The monoisotopic (exact) mass is 386 g/mol. The standard InChI is InChI=1S/C13H11ClN4O6S/c1-18-6-9(14)15-10(11(18)19)16-13(22)17-25(23,24)8-5-3-2-4-7(8)12(20)21/h2-6H,1H3,(H,20,21)(H2,15,16,17,22). The SMILES string of the molecule is Cn1cc(Cl)nc(NC(=O)NS(=O)(=O)c2ccccc2C(=O)O)c1=O. The molecule has 0 aliphatic carbocycles. The third-order valence-electron chi connectivity index (χ3n) is 2.91. The van der Waals surface area contributed by atoms with E-state index in [1.54, 1.807) is 4.72 Å². The van der Waals surface area contributed by atoms with Crippen molar-refractivity contribution in [3.8, 4) is 0 Å². The van der Waals surface area contributed by atoms with E-state index in [0.717, 1.165) is 16.7 Å². The number of sulfonamides is 1. The molecule has 3 N–H and O–H groups in total. The number of nitrogens with zero attached hydrogens (tertiary/aromatic N) is 2. The zero-order valence-corrected chi connectivity index (χ0v) is 14.1. The van der Waals surface area contributed by atoms with Gasteiger partial charge in [0.15, 0.2) is 0 Å². The van der Waals surface area contributed by atoms with Crippen LogP contribution in [0.3, 0.4) is 0 Å². The van der Waals surface area contributed by atoms with Crippen LogP contribution in [-0.2, 0) is 17.1 Å². The van der Waals surface area contributed by atoms with Gasteiger partial charge < -0.3 is 9.67 Å². The molecule has 0 saturated carbocycles. The summed E-state index contributed by atoms with van der Waals surface area (Å²) in [6, 6.07) is 3.43.